The molecule has 0 saturated carbocycles. The first-order valence-corrected chi connectivity index (χ1v) is 5.65. The van der Waals surface area contributed by atoms with Crippen LogP contribution in [0, 0.1) is 5.82 Å². The quantitative estimate of drug-likeness (QED) is 0.827. The maximum Gasteiger partial charge on any atom is 0.123 e. The highest BCUT2D eigenvalue weighted by Gasteiger charge is 2.12. The molecule has 0 spiro atoms. The van der Waals surface area contributed by atoms with Crippen LogP contribution in [0.2, 0.25) is 0 Å². The Morgan fingerprint density at radius 2 is 1.75 bits per heavy atom. The molecule has 1 aliphatic heterocycles. The summed E-state index contributed by atoms with van der Waals surface area (Å²) < 4.78 is 12.7. The largest absolute Gasteiger partial charge is 0.304 e. The van der Waals surface area contributed by atoms with Gasteiger partial charge in [-0.2, -0.15) is 0 Å². The molecule has 2 rings (SSSR count). The average Bonchev–Trinajstić information content (AvgIpc) is 2.30. The van der Waals surface area contributed by atoms with E-state index in [-0.39, 0.29) is 5.82 Å². The number of hydrazine groups is 1. The number of likely N-dealkylation sites (N-methyl/N-ethyl adjacent to an activating group) is 1. The Hall–Kier alpha value is -0.970. The molecule has 0 unspecified atom stereocenters. The molecule has 1 heterocycles. The van der Waals surface area contributed by atoms with Gasteiger partial charge in [0.1, 0.15) is 5.82 Å². The highest BCUT2D eigenvalue weighted by atomic mass is 19.1. The lowest BCUT2D eigenvalue weighted by Crippen LogP contribution is -2.50. The predicted octanol–water partition coefficient (Wildman–Crippen LogP) is 1.08. The second-order valence-electron chi connectivity index (χ2n) is 4.25. The van der Waals surface area contributed by atoms with Gasteiger partial charge in [0, 0.05) is 32.7 Å². The maximum atomic E-state index is 12.7. The van der Waals surface area contributed by atoms with Gasteiger partial charge in [0.05, 0.1) is 0 Å². The van der Waals surface area contributed by atoms with Crippen molar-refractivity contribution in [2.45, 2.75) is 6.54 Å². The summed E-state index contributed by atoms with van der Waals surface area (Å²) in [5.74, 6) is -0.177. The third-order valence-electron chi connectivity index (χ3n) is 2.92. The van der Waals surface area contributed by atoms with E-state index in [1.54, 1.807) is 0 Å². The number of hydrogen-bond acceptors (Lipinski definition) is 3. The molecule has 1 aromatic carbocycles. The summed E-state index contributed by atoms with van der Waals surface area (Å²) in [5.41, 5.74) is 4.47. The van der Waals surface area contributed by atoms with Crippen molar-refractivity contribution in [2.24, 2.45) is 0 Å². The van der Waals surface area contributed by atoms with E-state index in [1.807, 2.05) is 12.1 Å². The van der Waals surface area contributed by atoms with Gasteiger partial charge >= 0.3 is 0 Å². The van der Waals surface area contributed by atoms with Gasteiger partial charge in [0.2, 0.25) is 0 Å². The highest BCUT2D eigenvalue weighted by molar-refractivity contribution is 5.15. The van der Waals surface area contributed by atoms with Crippen LogP contribution in [-0.4, -0.2) is 43.1 Å². The Morgan fingerprint density at radius 3 is 2.38 bits per heavy atom. The van der Waals surface area contributed by atoms with Crippen molar-refractivity contribution in [2.75, 3.05) is 33.2 Å². The van der Waals surface area contributed by atoms with Crippen molar-refractivity contribution >= 4 is 0 Å². The van der Waals surface area contributed by atoms with Crippen molar-refractivity contribution in [3.63, 3.8) is 0 Å². The lowest BCUT2D eigenvalue weighted by molar-refractivity contribution is 0.102. The minimum absolute atomic E-state index is 0.177. The van der Waals surface area contributed by atoms with Crippen molar-refractivity contribution in [1.29, 1.82) is 0 Å². The maximum absolute atomic E-state index is 12.7. The first kappa shape index (κ1) is 11.5. The Morgan fingerprint density at radius 1 is 1.12 bits per heavy atom. The van der Waals surface area contributed by atoms with E-state index >= 15 is 0 Å². The molecule has 4 heteroatoms. The third-order valence-corrected chi connectivity index (χ3v) is 2.92. The molecule has 88 valence electrons. The fraction of sp³-hybridized carbons (Fsp3) is 0.500. The minimum Gasteiger partial charge on any atom is -0.304 e. The summed E-state index contributed by atoms with van der Waals surface area (Å²) in [5, 5.41) is 2.23. The molecule has 0 atom stereocenters. The Kier molecular flexibility index (Phi) is 3.88. The lowest BCUT2D eigenvalue weighted by Gasteiger charge is -2.32. The summed E-state index contributed by atoms with van der Waals surface area (Å²) in [4.78, 5) is 2.32. The van der Waals surface area contributed by atoms with E-state index < -0.39 is 0 Å². The average molecular weight is 223 g/mol. The van der Waals surface area contributed by atoms with Crippen LogP contribution in [0.15, 0.2) is 24.3 Å². The van der Waals surface area contributed by atoms with Gasteiger partial charge in [-0.05, 0) is 24.7 Å². The zero-order valence-electron chi connectivity index (χ0n) is 9.62. The molecule has 1 aromatic rings. The van der Waals surface area contributed by atoms with Crippen LogP contribution in [0.25, 0.3) is 0 Å². The number of piperazine rings is 1. The Balaban J connectivity index is 1.77. The van der Waals surface area contributed by atoms with Crippen LogP contribution in [0.4, 0.5) is 4.39 Å². The third kappa shape index (κ3) is 3.27. The lowest BCUT2D eigenvalue weighted by atomic mass is 10.2. The van der Waals surface area contributed by atoms with Gasteiger partial charge in [-0.15, -0.1) is 0 Å². The molecule has 0 aromatic heterocycles. The van der Waals surface area contributed by atoms with Gasteiger partial charge < -0.3 is 4.90 Å². The van der Waals surface area contributed by atoms with Crippen molar-refractivity contribution in [3.8, 4) is 0 Å². The van der Waals surface area contributed by atoms with E-state index in [1.165, 1.54) is 12.1 Å². The summed E-state index contributed by atoms with van der Waals surface area (Å²) >= 11 is 0. The molecule has 0 amide bonds. The van der Waals surface area contributed by atoms with E-state index in [9.17, 15) is 4.39 Å². The summed E-state index contributed by atoms with van der Waals surface area (Å²) in [7, 11) is 2.14. The van der Waals surface area contributed by atoms with Crippen LogP contribution in [0.1, 0.15) is 5.56 Å². The molecule has 0 radical (unpaired) electrons. The smallest absolute Gasteiger partial charge is 0.123 e. The normalized spacial score (nSPS) is 18.9. The fourth-order valence-electron chi connectivity index (χ4n) is 1.77. The van der Waals surface area contributed by atoms with Crippen LogP contribution in [0.5, 0.6) is 0 Å². The number of rotatable bonds is 3. The zero-order valence-corrected chi connectivity index (χ0v) is 9.62. The van der Waals surface area contributed by atoms with Crippen LogP contribution in [0.3, 0.4) is 0 Å². The molecule has 1 fully saturated rings. The molecule has 1 N–H and O–H groups in total. The van der Waals surface area contributed by atoms with Crippen molar-refractivity contribution < 1.29 is 4.39 Å². The first-order chi connectivity index (χ1) is 7.74. The fourth-order valence-corrected chi connectivity index (χ4v) is 1.77. The molecule has 16 heavy (non-hydrogen) atoms. The highest BCUT2D eigenvalue weighted by Crippen LogP contribution is 2.03. The van der Waals surface area contributed by atoms with Gasteiger partial charge in [0.25, 0.3) is 0 Å². The molecule has 0 aliphatic carbocycles. The van der Waals surface area contributed by atoms with E-state index in [0.29, 0.717) is 0 Å². The van der Waals surface area contributed by atoms with Crippen molar-refractivity contribution in [3.05, 3.63) is 35.6 Å². The van der Waals surface area contributed by atoms with E-state index in [2.05, 4.69) is 22.4 Å². The number of nitrogens with zero attached hydrogens (tertiary/aromatic N) is 2. The summed E-state index contributed by atoms with van der Waals surface area (Å²) in [6.45, 7) is 5.03. The second-order valence-corrected chi connectivity index (χ2v) is 4.25. The topological polar surface area (TPSA) is 18.5 Å². The monoisotopic (exact) mass is 223 g/mol. The number of hydrogen-bond donors (Lipinski definition) is 1. The van der Waals surface area contributed by atoms with E-state index in [4.69, 9.17) is 0 Å². The first-order valence-electron chi connectivity index (χ1n) is 5.65. The minimum atomic E-state index is -0.177. The summed E-state index contributed by atoms with van der Waals surface area (Å²) in [6.07, 6.45) is 0. The van der Waals surface area contributed by atoms with E-state index in [0.717, 1.165) is 38.3 Å². The van der Waals surface area contributed by atoms with Crippen LogP contribution >= 0.6 is 0 Å². The zero-order chi connectivity index (χ0) is 11.4. The number of halogens is 1. The van der Waals surface area contributed by atoms with Gasteiger partial charge in [0.15, 0.2) is 0 Å². The number of nitrogens with one attached hydrogen (secondary N) is 1. The number of benzene rings is 1. The standard InChI is InChI=1S/C12H18FN3/c1-15-6-8-16(9-7-15)14-10-11-2-4-12(13)5-3-11/h2-5,14H,6-10H2,1H3. The van der Waals surface area contributed by atoms with Crippen LogP contribution < -0.4 is 5.43 Å². The molecule has 0 bridgehead atoms. The van der Waals surface area contributed by atoms with Gasteiger partial charge in [-0.1, -0.05) is 12.1 Å². The van der Waals surface area contributed by atoms with Crippen LogP contribution in [-0.2, 0) is 6.54 Å². The molecular formula is C12H18FN3. The molecular weight excluding hydrogens is 205 g/mol. The molecule has 1 saturated heterocycles. The Labute approximate surface area is 95.8 Å². The SMILES string of the molecule is CN1CCN(NCc2ccc(F)cc2)CC1. The summed E-state index contributed by atoms with van der Waals surface area (Å²) in [6, 6.07) is 6.64. The Bertz CT molecular complexity index is 318. The predicted molar refractivity (Wildman–Crippen MR) is 62.3 cm³/mol. The second kappa shape index (κ2) is 5.39. The van der Waals surface area contributed by atoms with Gasteiger partial charge in [-0.25, -0.2) is 9.40 Å². The molecule has 1 aliphatic rings. The van der Waals surface area contributed by atoms with Crippen molar-refractivity contribution in [1.82, 2.24) is 15.3 Å². The van der Waals surface area contributed by atoms with Gasteiger partial charge in [-0.3, -0.25) is 5.43 Å². The molecule has 3 nitrogen and oxygen atoms in total.